The maximum atomic E-state index is 9.44. The van der Waals surface area contributed by atoms with Crippen molar-refractivity contribution >= 4 is 12.1 Å². The highest BCUT2D eigenvalue weighted by Crippen LogP contribution is 1.48. The van der Waals surface area contributed by atoms with Gasteiger partial charge in [-0.3, -0.25) is 9.59 Å². The van der Waals surface area contributed by atoms with E-state index in [9.17, 15) is 4.79 Å². The molecule has 0 rings (SSSR count). The van der Waals surface area contributed by atoms with E-state index >= 15 is 0 Å². The van der Waals surface area contributed by atoms with E-state index in [1.165, 1.54) is 6.92 Å². The molecular formula is C4H8O2. The third-order valence-corrected chi connectivity index (χ3v) is 0.166. The third kappa shape index (κ3) is 10.2. The van der Waals surface area contributed by atoms with Crippen LogP contribution in [0.15, 0.2) is 0 Å². The van der Waals surface area contributed by atoms with Crippen LogP contribution in [0.5, 0.6) is 0 Å². The summed E-state index contributed by atoms with van der Waals surface area (Å²) in [6, 6.07) is 0. The minimum Gasteiger partial charge on any atom is -0.295 e. The molecule has 0 aromatic heterocycles. The zero-order valence-corrected chi connectivity index (χ0v) is 2.89. The normalized spacial score (nSPS) is 5.50. The topological polar surface area (TPSA) is 34.1 Å². The Morgan fingerprint density at radius 2 is 1.83 bits per heavy atom. The lowest BCUT2D eigenvalue weighted by Gasteiger charge is -1.57. The van der Waals surface area contributed by atoms with Gasteiger partial charge >= 0.3 is 0 Å². The summed E-state index contributed by atoms with van der Waals surface area (Å²) < 4.78 is 0. The van der Waals surface area contributed by atoms with Crippen molar-refractivity contribution in [3.8, 4) is 0 Å². The van der Waals surface area contributed by atoms with E-state index in [4.69, 9.17) is 4.79 Å². The zero-order chi connectivity index (χ0) is 4.28. The monoisotopic (exact) mass is 88.1 g/mol. The van der Waals surface area contributed by atoms with Crippen molar-refractivity contribution in [2.75, 3.05) is 0 Å². The molecule has 0 unspecified atom stereocenters. The van der Waals surface area contributed by atoms with Gasteiger partial charge in [-0.05, 0) is 0 Å². The summed E-state index contributed by atoms with van der Waals surface area (Å²) in [6.07, 6.45) is 0.278. The van der Waals surface area contributed by atoms with Crippen molar-refractivity contribution in [3.05, 3.63) is 0 Å². The minimum absolute atomic E-state index is 0. The van der Waals surface area contributed by atoms with Crippen LogP contribution in [-0.2, 0) is 9.59 Å². The molecule has 0 fully saturated rings. The molecule has 0 bridgehead atoms. The van der Waals surface area contributed by atoms with Crippen LogP contribution in [0.1, 0.15) is 14.4 Å². The predicted molar refractivity (Wildman–Crippen MR) is 23.5 cm³/mol. The molecule has 0 aliphatic rings. The molecule has 0 heterocycles. The maximum absolute atomic E-state index is 9.44. The zero-order valence-electron chi connectivity index (χ0n) is 2.89. The number of ketones is 1. The van der Waals surface area contributed by atoms with Gasteiger partial charge in [0.25, 0.3) is 0 Å². The summed E-state index contributed by atoms with van der Waals surface area (Å²) in [4.78, 5) is 18.6. The molecule has 2 nitrogen and oxygen atoms in total. The molecule has 0 amide bonds. The molecule has 0 saturated carbocycles. The molecule has 6 heavy (non-hydrogen) atoms. The Hall–Kier alpha value is -0.660. The number of rotatable bonds is 1. The molecule has 36 valence electrons. The van der Waals surface area contributed by atoms with E-state index in [1.807, 2.05) is 0 Å². The van der Waals surface area contributed by atoms with Gasteiger partial charge < -0.3 is 0 Å². The number of hydrogen-bond donors (Lipinski definition) is 0. The van der Waals surface area contributed by atoms with Crippen LogP contribution in [0, 0.1) is 0 Å². The Balaban J connectivity index is 0. The first-order chi connectivity index (χ1) is 2.27. The van der Waals surface area contributed by atoms with Crippen LogP contribution < -0.4 is 0 Å². The van der Waals surface area contributed by atoms with Crippen molar-refractivity contribution in [2.45, 2.75) is 14.4 Å². The van der Waals surface area contributed by atoms with Gasteiger partial charge in [0.2, 0.25) is 0 Å². The van der Waals surface area contributed by atoms with E-state index in [0.29, 0.717) is 0 Å². The fourth-order valence-corrected chi connectivity index (χ4v) is 0. The van der Waals surface area contributed by atoms with Gasteiger partial charge in [0.05, 0.1) is 0 Å². The van der Waals surface area contributed by atoms with Crippen LogP contribution in [-0.4, -0.2) is 12.1 Å². The van der Waals surface area contributed by atoms with E-state index in [1.54, 1.807) is 0 Å². The van der Waals surface area contributed by atoms with E-state index in [2.05, 4.69) is 0 Å². The fraction of sp³-hybridized carbons (Fsp3) is 0.500. The van der Waals surface area contributed by atoms with Gasteiger partial charge in [-0.1, -0.05) is 7.43 Å². The second-order valence-electron chi connectivity index (χ2n) is 0.729. The summed E-state index contributed by atoms with van der Waals surface area (Å²) in [5, 5.41) is 0. The maximum Gasteiger partial charge on any atom is 0.192 e. The lowest BCUT2D eigenvalue weighted by atomic mass is 10.5. The van der Waals surface area contributed by atoms with Crippen LogP contribution in [0.25, 0.3) is 0 Å². The van der Waals surface area contributed by atoms with Crippen molar-refractivity contribution < 1.29 is 9.59 Å². The molecule has 0 radical (unpaired) electrons. The average Bonchev–Trinajstić information content (AvgIpc) is 1.38. The van der Waals surface area contributed by atoms with Gasteiger partial charge in [-0.15, -0.1) is 0 Å². The van der Waals surface area contributed by atoms with E-state index in [0.717, 1.165) is 0 Å². The summed E-state index contributed by atoms with van der Waals surface area (Å²) in [5.74, 6) is -0.426. The number of carbonyl (C=O) groups excluding carboxylic acids is 2. The lowest BCUT2D eigenvalue weighted by molar-refractivity contribution is -0.128. The molecule has 0 aliphatic carbocycles. The van der Waals surface area contributed by atoms with Gasteiger partial charge in [0, 0.05) is 6.92 Å². The molecule has 0 atom stereocenters. The lowest BCUT2D eigenvalue weighted by Crippen LogP contribution is -1.85. The first-order valence-electron chi connectivity index (χ1n) is 1.23. The Morgan fingerprint density at radius 1 is 1.67 bits per heavy atom. The highest BCUT2D eigenvalue weighted by molar-refractivity contribution is 6.23. The quantitative estimate of drug-likeness (QED) is 0.343. The van der Waals surface area contributed by atoms with Gasteiger partial charge in [-0.2, -0.15) is 0 Å². The Labute approximate surface area is 37.2 Å². The van der Waals surface area contributed by atoms with Gasteiger partial charge in [0.1, 0.15) is 0 Å². The first kappa shape index (κ1) is 9.02. The molecule has 0 saturated heterocycles. The molecule has 2 heteroatoms. The van der Waals surface area contributed by atoms with Crippen LogP contribution in [0.4, 0.5) is 0 Å². The minimum atomic E-state index is -0.426. The van der Waals surface area contributed by atoms with Crippen molar-refractivity contribution in [1.82, 2.24) is 0 Å². The fourth-order valence-electron chi connectivity index (χ4n) is 0. The number of hydrogen-bond acceptors (Lipinski definition) is 2. The molecule has 0 aromatic rings. The largest absolute Gasteiger partial charge is 0.295 e. The number of Topliss-reactive ketones (excluding diaryl/α,β-unsaturated/α-hetero) is 1. The second kappa shape index (κ2) is 4.34. The SMILES string of the molecule is C.CC(=O)C=O. The van der Waals surface area contributed by atoms with Gasteiger partial charge in [-0.25, -0.2) is 0 Å². The number of carbonyl (C=O) groups is 2. The first-order valence-corrected chi connectivity index (χ1v) is 1.23. The summed E-state index contributed by atoms with van der Waals surface area (Å²) in [6.45, 7) is 1.22. The highest BCUT2D eigenvalue weighted by Gasteiger charge is 1.76. The summed E-state index contributed by atoms with van der Waals surface area (Å²) in [5.41, 5.74) is 0. The van der Waals surface area contributed by atoms with Gasteiger partial charge in [0.15, 0.2) is 12.1 Å². The van der Waals surface area contributed by atoms with E-state index in [-0.39, 0.29) is 13.7 Å². The Morgan fingerprint density at radius 3 is 1.83 bits per heavy atom. The molecule has 0 N–H and O–H groups in total. The predicted octanol–water partition coefficient (Wildman–Crippen LogP) is 0.410. The van der Waals surface area contributed by atoms with E-state index < -0.39 is 5.78 Å². The number of aldehydes is 1. The molecular weight excluding hydrogens is 80.0 g/mol. The van der Waals surface area contributed by atoms with Crippen molar-refractivity contribution in [3.63, 3.8) is 0 Å². The highest BCUT2D eigenvalue weighted by atomic mass is 16.2. The molecule has 0 spiro atoms. The van der Waals surface area contributed by atoms with Crippen LogP contribution in [0.3, 0.4) is 0 Å². The Bertz CT molecular complexity index is 56.6. The summed E-state index contributed by atoms with van der Waals surface area (Å²) >= 11 is 0. The summed E-state index contributed by atoms with van der Waals surface area (Å²) in [7, 11) is 0. The third-order valence-electron chi connectivity index (χ3n) is 0.166. The Kier molecular flexibility index (Phi) is 6.52. The smallest absolute Gasteiger partial charge is 0.192 e. The van der Waals surface area contributed by atoms with Crippen LogP contribution in [0.2, 0.25) is 0 Å². The van der Waals surface area contributed by atoms with Crippen LogP contribution >= 0.6 is 0 Å². The van der Waals surface area contributed by atoms with Crippen molar-refractivity contribution in [2.24, 2.45) is 0 Å². The van der Waals surface area contributed by atoms with Crippen molar-refractivity contribution in [1.29, 1.82) is 0 Å². The second-order valence-corrected chi connectivity index (χ2v) is 0.729. The standard InChI is InChI=1S/C3H4O2.CH4/c1-3(5)2-4;/h2H,1H3;1H4. The average molecular weight is 88.1 g/mol. The molecule has 0 aliphatic heterocycles. The molecule has 0 aromatic carbocycles.